The zero-order chi connectivity index (χ0) is 18.7. The van der Waals surface area contributed by atoms with Gasteiger partial charge in [0, 0.05) is 44.5 Å². The number of alkyl halides is 3. The summed E-state index contributed by atoms with van der Waals surface area (Å²) in [4.78, 5) is 18.3. The van der Waals surface area contributed by atoms with Crippen molar-refractivity contribution in [3.8, 4) is 0 Å². The van der Waals surface area contributed by atoms with Gasteiger partial charge in [-0.05, 0) is 47.7 Å². The minimum atomic E-state index is -4.41. The van der Waals surface area contributed by atoms with Crippen LogP contribution >= 0.6 is 15.9 Å². The number of pyridine rings is 1. The number of hydrogen-bond acceptors (Lipinski definition) is 4. The van der Waals surface area contributed by atoms with Crippen LogP contribution < -0.4 is 10.2 Å². The Labute approximate surface area is 158 Å². The fourth-order valence-electron chi connectivity index (χ4n) is 3.33. The Kier molecular flexibility index (Phi) is 6.06. The quantitative estimate of drug-likeness (QED) is 0.790. The number of amides is 1. The smallest absolute Gasteiger partial charge is 0.381 e. The third-order valence-electron chi connectivity index (χ3n) is 4.88. The summed E-state index contributed by atoms with van der Waals surface area (Å²) in [6.07, 6.45) is -0.568. The monoisotopic (exact) mass is 435 g/mol. The lowest BCUT2D eigenvalue weighted by molar-refractivity contribution is -0.137. The number of nitrogens with one attached hydrogen (secondary N) is 1. The lowest BCUT2D eigenvalue weighted by Crippen LogP contribution is -2.45. The van der Waals surface area contributed by atoms with E-state index in [0.29, 0.717) is 49.4 Å². The molecule has 1 aromatic heterocycles. The van der Waals surface area contributed by atoms with Crippen LogP contribution in [0.15, 0.2) is 16.7 Å². The molecule has 2 aliphatic rings. The van der Waals surface area contributed by atoms with Gasteiger partial charge in [-0.3, -0.25) is 4.79 Å². The largest absolute Gasteiger partial charge is 0.417 e. The first-order chi connectivity index (χ1) is 12.3. The molecule has 144 valence electrons. The van der Waals surface area contributed by atoms with Crippen LogP contribution in [0.5, 0.6) is 0 Å². The molecular weight excluding hydrogens is 415 g/mol. The van der Waals surface area contributed by atoms with Gasteiger partial charge in [0.2, 0.25) is 5.91 Å². The second-order valence-electron chi connectivity index (χ2n) is 6.68. The molecule has 0 atom stereocenters. The molecule has 9 heteroatoms. The highest BCUT2D eigenvalue weighted by Gasteiger charge is 2.33. The van der Waals surface area contributed by atoms with Crippen molar-refractivity contribution in [1.82, 2.24) is 10.3 Å². The van der Waals surface area contributed by atoms with Crippen molar-refractivity contribution >= 4 is 27.7 Å². The minimum absolute atomic E-state index is 0.0657. The molecule has 0 saturated carbocycles. The average molecular weight is 436 g/mol. The van der Waals surface area contributed by atoms with Crippen molar-refractivity contribution < 1.29 is 22.7 Å². The van der Waals surface area contributed by atoms with E-state index in [2.05, 4.69) is 26.2 Å². The zero-order valence-corrected chi connectivity index (χ0v) is 15.8. The Morgan fingerprint density at radius 1 is 1.23 bits per heavy atom. The Hall–Kier alpha value is -1.35. The maximum absolute atomic E-state index is 12.7. The fraction of sp³-hybridized carbons (Fsp3) is 0.647. The van der Waals surface area contributed by atoms with Crippen LogP contribution in [0, 0.1) is 5.92 Å². The lowest BCUT2D eigenvalue weighted by Gasteiger charge is -2.34. The number of carbonyl (C=O) groups excluding carboxylic acids is 1. The van der Waals surface area contributed by atoms with Gasteiger partial charge in [0.05, 0.1) is 10.0 Å². The van der Waals surface area contributed by atoms with Crippen LogP contribution in [0.25, 0.3) is 0 Å². The van der Waals surface area contributed by atoms with Crippen LogP contribution in [0.4, 0.5) is 19.0 Å². The molecule has 5 nitrogen and oxygen atoms in total. The molecule has 0 unspecified atom stereocenters. The molecule has 2 fully saturated rings. The van der Waals surface area contributed by atoms with Gasteiger partial charge in [-0.1, -0.05) is 0 Å². The van der Waals surface area contributed by atoms with E-state index in [0.717, 1.165) is 25.1 Å². The van der Waals surface area contributed by atoms with Crippen LogP contribution in [0.3, 0.4) is 0 Å². The van der Waals surface area contributed by atoms with Crippen molar-refractivity contribution in [2.75, 3.05) is 31.2 Å². The summed E-state index contributed by atoms with van der Waals surface area (Å²) >= 11 is 3.19. The second-order valence-corrected chi connectivity index (χ2v) is 7.54. The summed E-state index contributed by atoms with van der Waals surface area (Å²) in [7, 11) is 0. The Morgan fingerprint density at radius 2 is 1.88 bits per heavy atom. The first-order valence-electron chi connectivity index (χ1n) is 8.70. The molecule has 0 bridgehead atoms. The summed E-state index contributed by atoms with van der Waals surface area (Å²) in [6.45, 7) is 2.53. The lowest BCUT2D eigenvalue weighted by atomic mass is 9.95. The average Bonchev–Trinajstić information content (AvgIpc) is 2.62. The van der Waals surface area contributed by atoms with E-state index >= 15 is 0 Å². The zero-order valence-electron chi connectivity index (χ0n) is 14.2. The summed E-state index contributed by atoms with van der Waals surface area (Å²) in [5, 5.41) is 3.09. The van der Waals surface area contributed by atoms with Gasteiger partial charge in [0.15, 0.2) is 0 Å². The second kappa shape index (κ2) is 8.12. The van der Waals surface area contributed by atoms with Crippen molar-refractivity contribution in [1.29, 1.82) is 0 Å². The number of nitrogens with zero attached hydrogens (tertiary/aromatic N) is 2. The molecule has 3 rings (SSSR count). The van der Waals surface area contributed by atoms with Gasteiger partial charge in [0.1, 0.15) is 5.82 Å². The van der Waals surface area contributed by atoms with E-state index in [1.165, 1.54) is 0 Å². The molecule has 0 spiro atoms. The molecule has 2 aliphatic heterocycles. The maximum Gasteiger partial charge on any atom is 0.417 e. The van der Waals surface area contributed by atoms with Crippen LogP contribution in [0.1, 0.15) is 31.2 Å². The molecule has 3 heterocycles. The molecular formula is C17H21BrF3N3O2. The molecule has 2 saturated heterocycles. The van der Waals surface area contributed by atoms with E-state index in [1.807, 2.05) is 4.90 Å². The normalized spacial score (nSPS) is 20.2. The van der Waals surface area contributed by atoms with Gasteiger partial charge in [-0.2, -0.15) is 13.2 Å². The molecule has 26 heavy (non-hydrogen) atoms. The Morgan fingerprint density at radius 3 is 2.46 bits per heavy atom. The van der Waals surface area contributed by atoms with Gasteiger partial charge >= 0.3 is 6.18 Å². The van der Waals surface area contributed by atoms with Gasteiger partial charge in [-0.25, -0.2) is 4.98 Å². The predicted molar refractivity (Wildman–Crippen MR) is 93.9 cm³/mol. The number of halogens is 4. The fourth-order valence-corrected chi connectivity index (χ4v) is 3.93. The van der Waals surface area contributed by atoms with Crippen LogP contribution in [0.2, 0.25) is 0 Å². The van der Waals surface area contributed by atoms with Gasteiger partial charge < -0.3 is 15.0 Å². The number of carbonyl (C=O) groups is 1. The first kappa shape index (κ1) is 19.4. The third kappa shape index (κ3) is 4.68. The van der Waals surface area contributed by atoms with Crippen molar-refractivity contribution in [2.24, 2.45) is 5.92 Å². The van der Waals surface area contributed by atoms with Gasteiger partial charge in [-0.15, -0.1) is 0 Å². The minimum Gasteiger partial charge on any atom is -0.381 e. The number of ether oxygens (including phenoxy) is 1. The molecule has 0 aromatic carbocycles. The van der Waals surface area contributed by atoms with Gasteiger partial charge in [0.25, 0.3) is 0 Å². The molecule has 1 N–H and O–H groups in total. The van der Waals surface area contributed by atoms with E-state index in [4.69, 9.17) is 4.74 Å². The summed E-state index contributed by atoms with van der Waals surface area (Å²) in [6, 6.07) is 1.23. The standard InChI is InChI=1S/C17H21BrF3N3O2/c18-14-9-12(17(19,20)21)10-22-15(14)24-5-1-11(2-6-24)16(25)23-13-3-7-26-8-4-13/h9-11,13H,1-8H2,(H,23,25). The predicted octanol–water partition coefficient (Wildman–Crippen LogP) is 3.37. The number of hydrogen-bond donors (Lipinski definition) is 1. The first-order valence-corrected chi connectivity index (χ1v) is 9.49. The Balaban J connectivity index is 1.55. The van der Waals surface area contributed by atoms with Crippen molar-refractivity contribution in [2.45, 2.75) is 37.9 Å². The Bertz CT molecular complexity index is 643. The molecule has 1 amide bonds. The summed E-state index contributed by atoms with van der Waals surface area (Å²) in [5.74, 6) is 0.486. The highest BCUT2D eigenvalue weighted by molar-refractivity contribution is 9.10. The van der Waals surface area contributed by atoms with E-state index in [-0.39, 0.29) is 17.9 Å². The highest BCUT2D eigenvalue weighted by atomic mass is 79.9. The van der Waals surface area contributed by atoms with Crippen molar-refractivity contribution in [3.63, 3.8) is 0 Å². The van der Waals surface area contributed by atoms with E-state index in [9.17, 15) is 18.0 Å². The van der Waals surface area contributed by atoms with Crippen LogP contribution in [-0.2, 0) is 15.7 Å². The van der Waals surface area contributed by atoms with Crippen molar-refractivity contribution in [3.05, 3.63) is 22.3 Å². The number of anilines is 1. The molecule has 0 radical (unpaired) electrons. The molecule has 1 aromatic rings. The number of aromatic nitrogens is 1. The highest BCUT2D eigenvalue weighted by Crippen LogP contribution is 2.34. The third-order valence-corrected chi connectivity index (χ3v) is 5.47. The van der Waals surface area contributed by atoms with E-state index in [1.54, 1.807) is 0 Å². The van der Waals surface area contributed by atoms with E-state index < -0.39 is 11.7 Å². The summed E-state index contributed by atoms with van der Waals surface area (Å²) in [5.41, 5.74) is -0.779. The topological polar surface area (TPSA) is 54.5 Å². The SMILES string of the molecule is O=C(NC1CCOCC1)C1CCN(c2ncc(C(F)(F)F)cc2Br)CC1. The number of rotatable bonds is 3. The van der Waals surface area contributed by atoms with Crippen LogP contribution in [-0.4, -0.2) is 43.2 Å². The molecule has 0 aliphatic carbocycles. The summed E-state index contributed by atoms with van der Waals surface area (Å²) < 4.78 is 43.9. The maximum atomic E-state index is 12.7. The number of piperidine rings is 1.